The van der Waals surface area contributed by atoms with Crippen molar-refractivity contribution < 1.29 is 4.74 Å². The summed E-state index contributed by atoms with van der Waals surface area (Å²) in [7, 11) is 1.74. The first kappa shape index (κ1) is 12.9. The highest BCUT2D eigenvalue weighted by Gasteiger charge is 2.25. The van der Waals surface area contributed by atoms with Gasteiger partial charge in [-0.25, -0.2) is 0 Å². The average Bonchev–Trinajstić information content (AvgIpc) is 2.24. The van der Waals surface area contributed by atoms with Crippen molar-refractivity contribution in [2.45, 2.75) is 38.6 Å². The fourth-order valence-electron chi connectivity index (χ4n) is 2.64. The Morgan fingerprint density at radius 1 is 1.47 bits per heavy atom. The summed E-state index contributed by atoms with van der Waals surface area (Å²) in [6.07, 6.45) is 5.44. The molecule has 3 atom stereocenters. The molecule has 0 aromatic rings. The quantitative estimate of drug-likeness (QED) is 0.657. The lowest BCUT2D eigenvalue weighted by Gasteiger charge is -2.33. The fraction of sp³-hybridized carbons (Fsp3) is 1.00. The van der Waals surface area contributed by atoms with Gasteiger partial charge in [-0.15, -0.1) is 0 Å². The number of nitrogens with one attached hydrogen (secondary N) is 1. The number of nitrogens with two attached hydrogens (primary N) is 1. The van der Waals surface area contributed by atoms with Crippen LogP contribution in [0.4, 0.5) is 0 Å². The summed E-state index contributed by atoms with van der Waals surface area (Å²) in [6, 6.07) is 0.489. The Morgan fingerprint density at radius 2 is 2.27 bits per heavy atom. The molecule has 1 rings (SSSR count). The Balaban J connectivity index is 2.29. The first-order valence-electron chi connectivity index (χ1n) is 6.20. The van der Waals surface area contributed by atoms with Gasteiger partial charge >= 0.3 is 0 Å². The Morgan fingerprint density at radius 3 is 2.87 bits per heavy atom. The highest BCUT2D eigenvalue weighted by atomic mass is 16.5. The predicted molar refractivity (Wildman–Crippen MR) is 63.8 cm³/mol. The summed E-state index contributed by atoms with van der Waals surface area (Å²) in [5, 5.41) is 3.51. The minimum Gasteiger partial charge on any atom is -0.383 e. The Hall–Kier alpha value is -0.120. The van der Waals surface area contributed by atoms with Crippen molar-refractivity contribution >= 4 is 0 Å². The van der Waals surface area contributed by atoms with Gasteiger partial charge in [0.15, 0.2) is 0 Å². The Labute approximate surface area is 93.8 Å². The van der Waals surface area contributed by atoms with Gasteiger partial charge in [0.1, 0.15) is 0 Å². The first-order chi connectivity index (χ1) is 7.27. The van der Waals surface area contributed by atoms with Gasteiger partial charge in [-0.1, -0.05) is 19.8 Å². The third-order valence-electron chi connectivity index (χ3n) is 3.51. The molecule has 0 aromatic heterocycles. The molecule has 1 fully saturated rings. The topological polar surface area (TPSA) is 47.3 Å². The molecular formula is C12H26N2O. The van der Waals surface area contributed by atoms with Crippen LogP contribution in [0.5, 0.6) is 0 Å². The normalized spacial score (nSPS) is 29.0. The van der Waals surface area contributed by atoms with E-state index in [2.05, 4.69) is 12.2 Å². The number of ether oxygens (including phenoxy) is 1. The van der Waals surface area contributed by atoms with Crippen LogP contribution in [-0.2, 0) is 4.74 Å². The molecule has 1 aliphatic rings. The van der Waals surface area contributed by atoms with Gasteiger partial charge in [0.25, 0.3) is 0 Å². The first-order valence-corrected chi connectivity index (χ1v) is 6.20. The van der Waals surface area contributed by atoms with E-state index in [9.17, 15) is 0 Å². The smallest absolute Gasteiger partial charge is 0.0587 e. The van der Waals surface area contributed by atoms with Crippen LogP contribution >= 0.6 is 0 Å². The fourth-order valence-corrected chi connectivity index (χ4v) is 2.64. The zero-order valence-corrected chi connectivity index (χ0v) is 10.2. The third kappa shape index (κ3) is 4.49. The van der Waals surface area contributed by atoms with Gasteiger partial charge in [0, 0.05) is 26.2 Å². The maximum Gasteiger partial charge on any atom is 0.0587 e. The van der Waals surface area contributed by atoms with Gasteiger partial charge in [-0.3, -0.25) is 0 Å². The van der Waals surface area contributed by atoms with E-state index in [1.807, 2.05) is 0 Å². The zero-order valence-electron chi connectivity index (χ0n) is 10.2. The van der Waals surface area contributed by atoms with Crippen LogP contribution in [0, 0.1) is 11.8 Å². The monoisotopic (exact) mass is 214 g/mol. The summed E-state index contributed by atoms with van der Waals surface area (Å²) in [5.41, 5.74) is 5.83. The second kappa shape index (κ2) is 7.20. The SMILES string of the molecule is COCCNC(CN)C1CCCC(C)C1. The molecular weight excluding hydrogens is 188 g/mol. The summed E-state index contributed by atoms with van der Waals surface area (Å²) < 4.78 is 5.04. The third-order valence-corrected chi connectivity index (χ3v) is 3.51. The second-order valence-corrected chi connectivity index (χ2v) is 4.82. The molecule has 1 saturated carbocycles. The van der Waals surface area contributed by atoms with E-state index in [4.69, 9.17) is 10.5 Å². The minimum absolute atomic E-state index is 0.489. The number of rotatable bonds is 6. The Bertz CT molecular complexity index is 164. The molecule has 3 unspecified atom stereocenters. The van der Waals surface area contributed by atoms with Gasteiger partial charge in [-0.2, -0.15) is 0 Å². The molecule has 3 heteroatoms. The van der Waals surface area contributed by atoms with Crippen molar-refractivity contribution in [3.8, 4) is 0 Å². The maximum atomic E-state index is 5.83. The van der Waals surface area contributed by atoms with Crippen molar-refractivity contribution in [1.82, 2.24) is 5.32 Å². The van der Waals surface area contributed by atoms with E-state index >= 15 is 0 Å². The molecule has 0 aromatic carbocycles. The van der Waals surface area contributed by atoms with Gasteiger partial charge in [0.2, 0.25) is 0 Å². The van der Waals surface area contributed by atoms with Crippen LogP contribution in [0.25, 0.3) is 0 Å². The largest absolute Gasteiger partial charge is 0.383 e. The lowest BCUT2D eigenvalue weighted by molar-refractivity contribution is 0.178. The van der Waals surface area contributed by atoms with Crippen LogP contribution in [-0.4, -0.2) is 32.8 Å². The number of methoxy groups -OCH3 is 1. The van der Waals surface area contributed by atoms with Crippen LogP contribution in [0.3, 0.4) is 0 Å². The molecule has 3 nitrogen and oxygen atoms in total. The standard InChI is InChI=1S/C12H26N2O/c1-10-4-3-5-11(8-10)12(9-13)14-6-7-15-2/h10-12,14H,3-9,13H2,1-2H3. The van der Waals surface area contributed by atoms with Gasteiger partial charge < -0.3 is 15.8 Å². The van der Waals surface area contributed by atoms with E-state index in [0.717, 1.165) is 31.5 Å². The molecule has 90 valence electrons. The van der Waals surface area contributed by atoms with Crippen LogP contribution < -0.4 is 11.1 Å². The van der Waals surface area contributed by atoms with Gasteiger partial charge in [0.05, 0.1) is 6.61 Å². The van der Waals surface area contributed by atoms with E-state index in [1.165, 1.54) is 25.7 Å². The summed E-state index contributed by atoms with van der Waals surface area (Å²) in [6.45, 7) is 4.80. The summed E-state index contributed by atoms with van der Waals surface area (Å²) >= 11 is 0. The Kier molecular flexibility index (Phi) is 6.22. The minimum atomic E-state index is 0.489. The van der Waals surface area contributed by atoms with Crippen LogP contribution in [0.1, 0.15) is 32.6 Å². The second-order valence-electron chi connectivity index (χ2n) is 4.82. The molecule has 1 aliphatic carbocycles. The van der Waals surface area contributed by atoms with Crippen molar-refractivity contribution in [2.24, 2.45) is 17.6 Å². The van der Waals surface area contributed by atoms with E-state index in [1.54, 1.807) is 7.11 Å². The zero-order chi connectivity index (χ0) is 11.1. The highest BCUT2D eigenvalue weighted by Crippen LogP contribution is 2.30. The summed E-state index contributed by atoms with van der Waals surface area (Å²) in [4.78, 5) is 0. The molecule has 3 N–H and O–H groups in total. The van der Waals surface area contributed by atoms with Crippen molar-refractivity contribution in [1.29, 1.82) is 0 Å². The number of hydrogen-bond acceptors (Lipinski definition) is 3. The number of hydrogen-bond donors (Lipinski definition) is 2. The lowest BCUT2D eigenvalue weighted by Crippen LogP contribution is -2.44. The summed E-state index contributed by atoms with van der Waals surface area (Å²) in [5.74, 6) is 1.65. The maximum absolute atomic E-state index is 5.83. The molecule has 0 aliphatic heterocycles. The van der Waals surface area contributed by atoms with Crippen molar-refractivity contribution in [3.05, 3.63) is 0 Å². The molecule has 0 saturated heterocycles. The van der Waals surface area contributed by atoms with E-state index in [0.29, 0.717) is 6.04 Å². The molecule has 0 radical (unpaired) electrons. The predicted octanol–water partition coefficient (Wildman–Crippen LogP) is 1.38. The van der Waals surface area contributed by atoms with E-state index < -0.39 is 0 Å². The average molecular weight is 214 g/mol. The van der Waals surface area contributed by atoms with Crippen molar-refractivity contribution in [2.75, 3.05) is 26.8 Å². The van der Waals surface area contributed by atoms with E-state index in [-0.39, 0.29) is 0 Å². The van der Waals surface area contributed by atoms with Crippen molar-refractivity contribution in [3.63, 3.8) is 0 Å². The van der Waals surface area contributed by atoms with Gasteiger partial charge in [-0.05, 0) is 24.7 Å². The highest BCUT2D eigenvalue weighted by molar-refractivity contribution is 4.82. The van der Waals surface area contributed by atoms with Crippen LogP contribution in [0.2, 0.25) is 0 Å². The molecule has 0 spiro atoms. The lowest BCUT2D eigenvalue weighted by atomic mass is 9.78. The molecule has 0 amide bonds. The molecule has 15 heavy (non-hydrogen) atoms. The molecule has 0 bridgehead atoms. The molecule has 0 heterocycles. The van der Waals surface area contributed by atoms with Crippen LogP contribution in [0.15, 0.2) is 0 Å².